The van der Waals surface area contributed by atoms with Crippen LogP contribution in [0.2, 0.25) is 0 Å². The highest BCUT2D eigenvalue weighted by Crippen LogP contribution is 2.38. The van der Waals surface area contributed by atoms with Gasteiger partial charge < -0.3 is 41.2 Å². The number of benzene rings is 1. The zero-order valence-corrected chi connectivity index (χ0v) is 23.0. The smallest absolute Gasteiger partial charge is 0.203 e. The molecule has 1 aromatic carbocycles. The molecule has 1 aliphatic heterocycles. The van der Waals surface area contributed by atoms with Crippen molar-refractivity contribution in [1.82, 2.24) is 0 Å². The van der Waals surface area contributed by atoms with Crippen LogP contribution >= 0.6 is 22.7 Å². The molecule has 1 fully saturated rings. The third kappa shape index (κ3) is 6.23. The second-order valence-electron chi connectivity index (χ2n) is 8.35. The SMILES string of the molecule is COc1cc(CC(O)C[NH+]2CCC(=C(c3ccsc3)c3ccsc3)CC2)cc(OC)c1OC.[Br-]. The lowest BCUT2D eigenvalue weighted by Crippen LogP contribution is -3.14. The van der Waals surface area contributed by atoms with Gasteiger partial charge in [0.05, 0.1) is 34.4 Å². The zero-order chi connectivity index (χ0) is 23.2. The molecule has 1 saturated heterocycles. The minimum atomic E-state index is -0.429. The fraction of sp³-hybridized carbons (Fsp3) is 0.385. The highest BCUT2D eigenvalue weighted by molar-refractivity contribution is 7.08. The van der Waals surface area contributed by atoms with Gasteiger partial charge in [0, 0.05) is 19.3 Å². The monoisotopic (exact) mass is 565 g/mol. The number of methoxy groups -OCH3 is 3. The van der Waals surface area contributed by atoms with Crippen LogP contribution in [0.4, 0.5) is 0 Å². The van der Waals surface area contributed by atoms with E-state index in [1.807, 2.05) is 12.1 Å². The highest BCUT2D eigenvalue weighted by Gasteiger charge is 2.24. The summed E-state index contributed by atoms with van der Waals surface area (Å²) in [6.07, 6.45) is 2.25. The fourth-order valence-electron chi connectivity index (χ4n) is 4.68. The molecule has 0 radical (unpaired) electrons. The van der Waals surface area contributed by atoms with E-state index < -0.39 is 6.10 Å². The molecule has 0 aliphatic carbocycles. The molecule has 8 heteroatoms. The number of thiophene rings is 2. The van der Waals surface area contributed by atoms with Crippen LogP contribution in [0.15, 0.2) is 51.4 Å². The minimum absolute atomic E-state index is 0. The Balaban J connectivity index is 0.00000324. The standard InChI is InChI=1S/C26H31NO4S2.BrH/c1-29-23-13-18(14-24(30-2)26(23)31-3)12-22(28)15-27-8-4-19(5-9-27)25(20-6-10-32-16-20)21-7-11-33-17-21;/h6-7,10-11,13-14,16-17,22,28H,4-5,8-9,12,15H2,1-3H3;1H. The average molecular weight is 567 g/mol. The topological polar surface area (TPSA) is 52.4 Å². The summed E-state index contributed by atoms with van der Waals surface area (Å²) in [5.41, 5.74) is 6.59. The highest BCUT2D eigenvalue weighted by atomic mass is 79.9. The maximum absolute atomic E-state index is 10.8. The molecule has 3 heterocycles. The van der Waals surface area contributed by atoms with Gasteiger partial charge in [-0.2, -0.15) is 22.7 Å². The van der Waals surface area contributed by atoms with Crippen LogP contribution in [-0.2, 0) is 6.42 Å². The van der Waals surface area contributed by atoms with Gasteiger partial charge in [-0.25, -0.2) is 0 Å². The average Bonchev–Trinajstić information content (AvgIpc) is 3.55. The Bertz CT molecular complexity index is 995. The third-order valence-electron chi connectivity index (χ3n) is 6.25. The first kappa shape index (κ1) is 26.8. The van der Waals surface area contributed by atoms with E-state index in [1.165, 1.54) is 27.2 Å². The van der Waals surface area contributed by atoms with Crippen LogP contribution in [-0.4, -0.2) is 52.2 Å². The Morgan fingerprint density at radius 3 is 1.94 bits per heavy atom. The lowest BCUT2D eigenvalue weighted by Gasteiger charge is -2.29. The van der Waals surface area contributed by atoms with Gasteiger partial charge in [0.25, 0.3) is 0 Å². The number of aliphatic hydroxyl groups is 1. The van der Waals surface area contributed by atoms with Gasteiger partial charge in [0.15, 0.2) is 11.5 Å². The summed E-state index contributed by atoms with van der Waals surface area (Å²) in [4.78, 5) is 1.45. The molecule has 2 aromatic heterocycles. The number of nitrogens with one attached hydrogen (secondary N) is 1. The quantitative estimate of drug-likeness (QED) is 0.405. The largest absolute Gasteiger partial charge is 1.00 e. The number of halogens is 1. The van der Waals surface area contributed by atoms with E-state index in [0.29, 0.717) is 23.7 Å². The van der Waals surface area contributed by atoms with Gasteiger partial charge in [0.2, 0.25) is 5.75 Å². The fourth-order valence-corrected chi connectivity index (χ4v) is 5.97. The number of rotatable bonds is 9. The molecule has 1 unspecified atom stereocenters. The lowest BCUT2D eigenvalue weighted by molar-refractivity contribution is -0.905. The van der Waals surface area contributed by atoms with E-state index in [2.05, 4.69) is 33.7 Å². The van der Waals surface area contributed by atoms with Crippen molar-refractivity contribution in [1.29, 1.82) is 0 Å². The molecule has 3 aromatic rings. The Kier molecular flexibility index (Phi) is 10.0. The van der Waals surface area contributed by atoms with Crippen LogP contribution in [0.5, 0.6) is 17.2 Å². The van der Waals surface area contributed by atoms with Crippen molar-refractivity contribution in [2.75, 3.05) is 41.0 Å². The van der Waals surface area contributed by atoms with Crippen LogP contribution in [0.25, 0.3) is 5.57 Å². The van der Waals surface area contributed by atoms with Crippen molar-refractivity contribution in [3.05, 3.63) is 68.0 Å². The third-order valence-corrected chi connectivity index (χ3v) is 7.62. The van der Waals surface area contributed by atoms with E-state index in [1.54, 1.807) is 44.0 Å². The molecule has 1 atom stereocenters. The molecule has 34 heavy (non-hydrogen) atoms. The van der Waals surface area contributed by atoms with Crippen molar-refractivity contribution < 1.29 is 41.2 Å². The molecule has 1 aliphatic rings. The van der Waals surface area contributed by atoms with Crippen LogP contribution in [0.1, 0.15) is 29.5 Å². The first-order valence-electron chi connectivity index (χ1n) is 11.2. The maximum atomic E-state index is 10.8. The van der Waals surface area contributed by atoms with Crippen molar-refractivity contribution in [3.8, 4) is 17.2 Å². The van der Waals surface area contributed by atoms with Crippen LogP contribution in [0.3, 0.4) is 0 Å². The van der Waals surface area contributed by atoms with Gasteiger partial charge in [0.1, 0.15) is 12.6 Å². The van der Waals surface area contributed by atoms with E-state index >= 15 is 0 Å². The van der Waals surface area contributed by atoms with Crippen molar-refractivity contribution in [2.24, 2.45) is 0 Å². The number of piperidine rings is 1. The molecule has 184 valence electrons. The number of aliphatic hydroxyl groups excluding tert-OH is 1. The number of ether oxygens (including phenoxy) is 3. The summed E-state index contributed by atoms with van der Waals surface area (Å²) in [6, 6.07) is 8.30. The van der Waals surface area contributed by atoms with E-state index in [4.69, 9.17) is 14.2 Å². The molecule has 0 bridgehead atoms. The number of likely N-dealkylation sites (tertiary alicyclic amines) is 1. The summed E-state index contributed by atoms with van der Waals surface area (Å²) < 4.78 is 16.3. The van der Waals surface area contributed by atoms with Crippen LogP contribution < -0.4 is 36.1 Å². The van der Waals surface area contributed by atoms with Gasteiger partial charge in [-0.15, -0.1) is 0 Å². The van der Waals surface area contributed by atoms with Gasteiger partial charge >= 0.3 is 0 Å². The first-order chi connectivity index (χ1) is 16.1. The normalized spacial score (nSPS) is 16.5. The second-order valence-corrected chi connectivity index (χ2v) is 9.91. The number of hydrogen-bond acceptors (Lipinski definition) is 6. The molecule has 0 spiro atoms. The molecule has 5 nitrogen and oxygen atoms in total. The van der Waals surface area contributed by atoms with Crippen molar-refractivity contribution in [2.45, 2.75) is 25.4 Å². The van der Waals surface area contributed by atoms with E-state index in [0.717, 1.165) is 38.0 Å². The summed E-state index contributed by atoms with van der Waals surface area (Å²) in [5.74, 6) is 1.81. The summed E-state index contributed by atoms with van der Waals surface area (Å²) in [7, 11) is 4.82. The predicted molar refractivity (Wildman–Crippen MR) is 135 cm³/mol. The summed E-state index contributed by atoms with van der Waals surface area (Å²) >= 11 is 3.50. The van der Waals surface area contributed by atoms with Crippen LogP contribution in [0, 0.1) is 0 Å². The Morgan fingerprint density at radius 2 is 1.50 bits per heavy atom. The Hall–Kier alpha value is -1.84. The molecule has 0 amide bonds. The molecular formula is C26H32BrNO4S2. The minimum Gasteiger partial charge on any atom is -1.00 e. The Morgan fingerprint density at radius 1 is 0.941 bits per heavy atom. The zero-order valence-electron chi connectivity index (χ0n) is 19.8. The molecule has 4 rings (SSSR count). The van der Waals surface area contributed by atoms with Crippen molar-refractivity contribution in [3.63, 3.8) is 0 Å². The lowest BCUT2D eigenvalue weighted by atomic mass is 9.91. The van der Waals surface area contributed by atoms with E-state index in [-0.39, 0.29) is 17.0 Å². The molecule has 0 saturated carbocycles. The number of hydrogen-bond donors (Lipinski definition) is 2. The van der Waals surface area contributed by atoms with Gasteiger partial charge in [-0.1, -0.05) is 5.57 Å². The maximum Gasteiger partial charge on any atom is 0.203 e. The Labute approximate surface area is 220 Å². The number of quaternary nitrogens is 1. The second kappa shape index (κ2) is 12.7. The van der Waals surface area contributed by atoms with Gasteiger partial charge in [-0.05, 0) is 68.0 Å². The predicted octanol–water partition coefficient (Wildman–Crippen LogP) is 0.924. The summed E-state index contributed by atoms with van der Waals surface area (Å²) in [6.45, 7) is 2.81. The summed E-state index contributed by atoms with van der Waals surface area (Å²) in [5, 5.41) is 19.7. The first-order valence-corrected chi connectivity index (χ1v) is 13.1. The van der Waals surface area contributed by atoms with E-state index in [9.17, 15) is 5.11 Å². The molecular weight excluding hydrogens is 534 g/mol. The molecule has 2 N–H and O–H groups in total. The van der Waals surface area contributed by atoms with Crippen molar-refractivity contribution >= 4 is 28.2 Å². The van der Waals surface area contributed by atoms with Gasteiger partial charge in [-0.3, -0.25) is 0 Å².